The third-order valence-corrected chi connectivity index (χ3v) is 4.20. The first-order valence-corrected chi connectivity index (χ1v) is 7.03. The second-order valence-electron chi connectivity index (χ2n) is 5.51. The molecule has 20 heavy (non-hydrogen) atoms. The van der Waals surface area contributed by atoms with Gasteiger partial charge in [-0.05, 0) is 23.6 Å². The Morgan fingerprint density at radius 1 is 1.00 bits per heavy atom. The summed E-state index contributed by atoms with van der Waals surface area (Å²) in [5.74, 6) is 0. The van der Waals surface area contributed by atoms with E-state index >= 15 is 0 Å². The minimum Gasteiger partial charge on any atom is -0.318 e. The normalized spacial score (nSPS) is 20.2. The zero-order chi connectivity index (χ0) is 13.5. The fourth-order valence-electron chi connectivity index (χ4n) is 3.29. The lowest BCUT2D eigenvalue weighted by molar-refractivity contribution is 0.218. The Labute approximate surface area is 118 Å². The van der Waals surface area contributed by atoms with Crippen molar-refractivity contribution in [3.8, 4) is 0 Å². The van der Waals surface area contributed by atoms with Crippen LogP contribution in [0.2, 0.25) is 0 Å². The molecule has 4 rings (SSSR count). The molecule has 0 saturated carbocycles. The largest absolute Gasteiger partial charge is 0.325 e. The standard InChI is InChI=1S/C17H16N2O/c20-17-18(11-13-6-2-1-3-7-13)12-15-10-14-8-4-5-9-16(14)19(15)17/h1-9,15H,10-12H2. The Hall–Kier alpha value is -2.29. The number of anilines is 1. The molecule has 1 saturated heterocycles. The minimum absolute atomic E-state index is 0.142. The average Bonchev–Trinajstić information content (AvgIpc) is 2.98. The van der Waals surface area contributed by atoms with Crippen molar-refractivity contribution in [1.29, 1.82) is 0 Å². The lowest BCUT2D eigenvalue weighted by atomic mass is 10.1. The zero-order valence-corrected chi connectivity index (χ0v) is 11.2. The number of para-hydroxylation sites is 1. The molecule has 0 bridgehead atoms. The van der Waals surface area contributed by atoms with Crippen LogP contribution < -0.4 is 4.90 Å². The van der Waals surface area contributed by atoms with E-state index in [1.807, 2.05) is 40.1 Å². The van der Waals surface area contributed by atoms with Gasteiger partial charge in [0.15, 0.2) is 0 Å². The van der Waals surface area contributed by atoms with Gasteiger partial charge in [-0.25, -0.2) is 4.79 Å². The van der Waals surface area contributed by atoms with Crippen LogP contribution in [0, 0.1) is 0 Å². The molecule has 1 fully saturated rings. The van der Waals surface area contributed by atoms with Crippen LogP contribution in [0.15, 0.2) is 54.6 Å². The molecule has 2 heterocycles. The third-order valence-electron chi connectivity index (χ3n) is 4.20. The highest BCUT2D eigenvalue weighted by Crippen LogP contribution is 2.36. The van der Waals surface area contributed by atoms with Gasteiger partial charge in [0.1, 0.15) is 0 Å². The van der Waals surface area contributed by atoms with Crippen LogP contribution in [0.1, 0.15) is 11.1 Å². The number of benzene rings is 2. The molecule has 2 amide bonds. The highest BCUT2D eigenvalue weighted by Gasteiger charge is 2.42. The molecular formula is C17H16N2O. The monoisotopic (exact) mass is 264 g/mol. The molecule has 2 aliphatic heterocycles. The highest BCUT2D eigenvalue weighted by atomic mass is 16.2. The second-order valence-corrected chi connectivity index (χ2v) is 5.51. The molecule has 1 atom stereocenters. The minimum atomic E-state index is 0.142. The summed E-state index contributed by atoms with van der Waals surface area (Å²) < 4.78 is 0. The number of rotatable bonds is 2. The quantitative estimate of drug-likeness (QED) is 0.817. The topological polar surface area (TPSA) is 23.6 Å². The van der Waals surface area contributed by atoms with E-state index < -0.39 is 0 Å². The molecule has 2 aromatic carbocycles. The van der Waals surface area contributed by atoms with E-state index in [2.05, 4.69) is 24.3 Å². The van der Waals surface area contributed by atoms with Gasteiger partial charge in [0.25, 0.3) is 0 Å². The molecule has 0 radical (unpaired) electrons. The number of nitrogens with zero attached hydrogens (tertiary/aromatic N) is 2. The Morgan fingerprint density at radius 2 is 1.75 bits per heavy atom. The number of carbonyl (C=O) groups excluding carboxylic acids is 1. The van der Waals surface area contributed by atoms with Crippen molar-refractivity contribution >= 4 is 11.7 Å². The number of carbonyl (C=O) groups is 1. The van der Waals surface area contributed by atoms with Crippen LogP contribution in [0.4, 0.5) is 10.5 Å². The average molecular weight is 264 g/mol. The van der Waals surface area contributed by atoms with E-state index in [1.165, 1.54) is 11.1 Å². The van der Waals surface area contributed by atoms with Crippen LogP contribution in [0.5, 0.6) is 0 Å². The van der Waals surface area contributed by atoms with Crippen molar-refractivity contribution in [2.24, 2.45) is 0 Å². The number of hydrogen-bond donors (Lipinski definition) is 0. The summed E-state index contributed by atoms with van der Waals surface area (Å²) in [5, 5.41) is 0. The van der Waals surface area contributed by atoms with Gasteiger partial charge in [0.2, 0.25) is 0 Å². The number of hydrogen-bond acceptors (Lipinski definition) is 1. The van der Waals surface area contributed by atoms with Crippen LogP contribution >= 0.6 is 0 Å². The molecule has 1 unspecified atom stereocenters. The third kappa shape index (κ3) is 1.70. The Kier molecular flexibility index (Phi) is 2.52. The fourth-order valence-corrected chi connectivity index (χ4v) is 3.29. The molecule has 0 spiro atoms. The predicted octanol–water partition coefficient (Wildman–Crippen LogP) is 3.05. The van der Waals surface area contributed by atoms with Crippen molar-refractivity contribution < 1.29 is 4.79 Å². The van der Waals surface area contributed by atoms with Gasteiger partial charge in [0, 0.05) is 18.8 Å². The van der Waals surface area contributed by atoms with Crippen LogP contribution in [0.3, 0.4) is 0 Å². The van der Waals surface area contributed by atoms with Gasteiger partial charge in [-0.1, -0.05) is 48.5 Å². The van der Waals surface area contributed by atoms with Crippen LogP contribution in [-0.2, 0) is 13.0 Å². The van der Waals surface area contributed by atoms with Gasteiger partial charge < -0.3 is 4.90 Å². The van der Waals surface area contributed by atoms with E-state index in [-0.39, 0.29) is 6.03 Å². The zero-order valence-electron chi connectivity index (χ0n) is 11.2. The van der Waals surface area contributed by atoms with Crippen LogP contribution in [0.25, 0.3) is 0 Å². The van der Waals surface area contributed by atoms with E-state index in [4.69, 9.17) is 0 Å². The summed E-state index contributed by atoms with van der Waals surface area (Å²) in [6, 6.07) is 18.9. The van der Waals surface area contributed by atoms with Gasteiger partial charge in [-0.15, -0.1) is 0 Å². The molecule has 3 nitrogen and oxygen atoms in total. The Morgan fingerprint density at radius 3 is 2.60 bits per heavy atom. The summed E-state index contributed by atoms with van der Waals surface area (Å²) in [6.45, 7) is 1.53. The van der Waals surface area contributed by atoms with Crippen molar-refractivity contribution in [2.75, 3.05) is 11.4 Å². The number of fused-ring (bicyclic) bond motifs is 3. The molecule has 100 valence electrons. The first-order chi connectivity index (χ1) is 9.83. The number of amides is 2. The smallest absolute Gasteiger partial charge is 0.318 e. The van der Waals surface area contributed by atoms with Crippen LogP contribution in [-0.4, -0.2) is 23.5 Å². The summed E-state index contributed by atoms with van der Waals surface area (Å²) in [7, 11) is 0. The first-order valence-electron chi connectivity index (χ1n) is 7.03. The summed E-state index contributed by atoms with van der Waals surface area (Å²) >= 11 is 0. The molecule has 0 aromatic heterocycles. The van der Waals surface area contributed by atoms with E-state index in [9.17, 15) is 4.79 Å². The number of urea groups is 1. The van der Waals surface area contributed by atoms with E-state index in [0.29, 0.717) is 12.6 Å². The summed E-state index contributed by atoms with van der Waals surface area (Å²) in [5.41, 5.74) is 3.58. The van der Waals surface area contributed by atoms with Gasteiger partial charge in [-0.2, -0.15) is 0 Å². The molecule has 0 aliphatic carbocycles. The summed E-state index contributed by atoms with van der Waals surface area (Å²) in [4.78, 5) is 16.5. The highest BCUT2D eigenvalue weighted by molar-refractivity contribution is 5.97. The lowest BCUT2D eigenvalue weighted by Gasteiger charge is -2.18. The molecular weight excluding hydrogens is 248 g/mol. The van der Waals surface area contributed by atoms with Crippen molar-refractivity contribution in [2.45, 2.75) is 19.0 Å². The summed E-state index contributed by atoms with van der Waals surface area (Å²) in [6.07, 6.45) is 0.979. The molecule has 3 heteroatoms. The predicted molar refractivity (Wildman–Crippen MR) is 78.7 cm³/mol. The maximum atomic E-state index is 12.6. The van der Waals surface area contributed by atoms with Gasteiger partial charge in [-0.3, -0.25) is 4.90 Å². The first kappa shape index (κ1) is 11.5. The Balaban J connectivity index is 1.59. The van der Waals surface area contributed by atoms with Crippen molar-refractivity contribution in [3.63, 3.8) is 0 Å². The lowest BCUT2D eigenvalue weighted by Crippen LogP contribution is -2.32. The van der Waals surface area contributed by atoms with Crippen molar-refractivity contribution in [1.82, 2.24) is 4.90 Å². The molecule has 0 N–H and O–H groups in total. The SMILES string of the molecule is O=C1N(Cc2ccccc2)CC2Cc3ccccc3N12. The molecule has 2 aromatic rings. The van der Waals surface area contributed by atoms with Gasteiger partial charge in [0.05, 0.1) is 6.04 Å². The Bertz CT molecular complexity index is 653. The van der Waals surface area contributed by atoms with Gasteiger partial charge >= 0.3 is 6.03 Å². The van der Waals surface area contributed by atoms with E-state index in [0.717, 1.165) is 18.7 Å². The maximum absolute atomic E-state index is 12.6. The maximum Gasteiger partial charge on any atom is 0.325 e. The molecule has 2 aliphatic rings. The van der Waals surface area contributed by atoms with Crippen molar-refractivity contribution in [3.05, 3.63) is 65.7 Å². The van der Waals surface area contributed by atoms with E-state index in [1.54, 1.807) is 0 Å². The fraction of sp³-hybridized carbons (Fsp3) is 0.235. The second kappa shape index (κ2) is 4.37.